The standard InChI is InChI=1S/C22H24N6O3S/c1-14-10-19(28-21(23-14)24-22(25-28)32-3)31-13-16-12-27(8-9-30-16)20(29)18-11-15-6-4-5-7-17(15)26(18)2/h4-7,10-11,16H,8-9,12-13H2,1-3H3. The fourth-order valence-electron chi connectivity index (χ4n) is 3.96. The minimum atomic E-state index is -0.241. The summed E-state index contributed by atoms with van der Waals surface area (Å²) in [5.41, 5.74) is 2.51. The maximum Gasteiger partial charge on any atom is 0.270 e. The van der Waals surface area contributed by atoms with E-state index in [2.05, 4.69) is 15.1 Å². The van der Waals surface area contributed by atoms with Gasteiger partial charge in [-0.15, -0.1) is 5.10 Å². The summed E-state index contributed by atoms with van der Waals surface area (Å²) in [6.45, 7) is 3.67. The first-order valence-electron chi connectivity index (χ1n) is 10.4. The van der Waals surface area contributed by atoms with Crippen LogP contribution >= 0.6 is 11.8 Å². The highest BCUT2D eigenvalue weighted by atomic mass is 32.2. The molecule has 32 heavy (non-hydrogen) atoms. The molecule has 166 valence electrons. The Hall–Kier alpha value is -3.11. The van der Waals surface area contributed by atoms with E-state index in [0.29, 0.717) is 48.8 Å². The third-order valence-corrected chi connectivity index (χ3v) is 6.12. The minimum absolute atomic E-state index is 0.0000321. The third kappa shape index (κ3) is 3.80. The van der Waals surface area contributed by atoms with Crippen LogP contribution in [0.5, 0.6) is 5.88 Å². The Morgan fingerprint density at radius 2 is 2.12 bits per heavy atom. The molecule has 0 saturated carbocycles. The Balaban J connectivity index is 1.30. The highest BCUT2D eigenvalue weighted by Crippen LogP contribution is 2.21. The van der Waals surface area contributed by atoms with Gasteiger partial charge in [-0.1, -0.05) is 30.0 Å². The van der Waals surface area contributed by atoms with Gasteiger partial charge < -0.3 is 18.9 Å². The first-order chi connectivity index (χ1) is 15.5. The number of ether oxygens (including phenoxy) is 2. The number of hydrogen-bond acceptors (Lipinski definition) is 7. The SMILES string of the molecule is CSc1nc2nc(C)cc(OCC3CN(C(=O)c4cc5ccccc5n4C)CCO3)n2n1. The second-order valence-corrected chi connectivity index (χ2v) is 8.52. The molecule has 0 spiro atoms. The van der Waals surface area contributed by atoms with Crippen molar-refractivity contribution in [1.29, 1.82) is 0 Å². The van der Waals surface area contributed by atoms with E-state index in [4.69, 9.17) is 9.47 Å². The van der Waals surface area contributed by atoms with Crippen molar-refractivity contribution in [2.24, 2.45) is 7.05 Å². The number of carbonyl (C=O) groups excluding carboxylic acids is 1. The molecule has 3 aromatic heterocycles. The number of amides is 1. The molecule has 4 aromatic rings. The van der Waals surface area contributed by atoms with Crippen LogP contribution in [0.25, 0.3) is 16.7 Å². The molecule has 0 bridgehead atoms. The van der Waals surface area contributed by atoms with E-state index < -0.39 is 0 Å². The van der Waals surface area contributed by atoms with E-state index in [9.17, 15) is 4.79 Å². The maximum absolute atomic E-state index is 13.2. The molecule has 1 fully saturated rings. The minimum Gasteiger partial charge on any atom is -0.475 e. The number of carbonyl (C=O) groups is 1. The molecular weight excluding hydrogens is 428 g/mol. The summed E-state index contributed by atoms with van der Waals surface area (Å²) >= 11 is 1.45. The Labute approximate surface area is 189 Å². The van der Waals surface area contributed by atoms with Gasteiger partial charge in [0.2, 0.25) is 11.0 Å². The van der Waals surface area contributed by atoms with Gasteiger partial charge in [-0.05, 0) is 25.3 Å². The van der Waals surface area contributed by atoms with Crippen molar-refractivity contribution < 1.29 is 14.3 Å². The molecule has 1 atom stereocenters. The van der Waals surface area contributed by atoms with Gasteiger partial charge in [-0.2, -0.15) is 9.50 Å². The zero-order chi connectivity index (χ0) is 22.2. The van der Waals surface area contributed by atoms with Gasteiger partial charge in [-0.25, -0.2) is 4.98 Å². The molecule has 1 amide bonds. The first-order valence-corrected chi connectivity index (χ1v) is 11.6. The molecule has 1 aliphatic heterocycles. The lowest BCUT2D eigenvalue weighted by Gasteiger charge is -2.32. The van der Waals surface area contributed by atoms with Gasteiger partial charge in [0.1, 0.15) is 18.4 Å². The topological polar surface area (TPSA) is 86.8 Å². The van der Waals surface area contributed by atoms with Gasteiger partial charge in [0.25, 0.3) is 11.7 Å². The molecule has 0 aliphatic carbocycles. The van der Waals surface area contributed by atoms with Gasteiger partial charge >= 0.3 is 0 Å². The summed E-state index contributed by atoms with van der Waals surface area (Å²) in [6.07, 6.45) is 1.67. The van der Waals surface area contributed by atoms with E-state index in [1.165, 1.54) is 11.8 Å². The zero-order valence-corrected chi connectivity index (χ0v) is 19.0. The van der Waals surface area contributed by atoms with Crippen molar-refractivity contribution in [3.8, 4) is 5.88 Å². The highest BCUT2D eigenvalue weighted by molar-refractivity contribution is 7.98. The number of aryl methyl sites for hydroxylation is 2. The number of thioether (sulfide) groups is 1. The van der Waals surface area contributed by atoms with Crippen LogP contribution in [0.2, 0.25) is 0 Å². The second-order valence-electron chi connectivity index (χ2n) is 7.75. The van der Waals surface area contributed by atoms with Crippen LogP contribution in [0.4, 0.5) is 0 Å². The summed E-state index contributed by atoms with van der Waals surface area (Å²) < 4.78 is 15.5. The molecule has 1 aromatic carbocycles. The van der Waals surface area contributed by atoms with Crippen LogP contribution in [0.3, 0.4) is 0 Å². The lowest BCUT2D eigenvalue weighted by atomic mass is 10.2. The van der Waals surface area contributed by atoms with Crippen molar-refractivity contribution in [3.63, 3.8) is 0 Å². The molecular formula is C22H24N6O3S. The summed E-state index contributed by atoms with van der Waals surface area (Å²) in [7, 11) is 1.93. The van der Waals surface area contributed by atoms with Crippen LogP contribution in [0.15, 0.2) is 41.6 Å². The van der Waals surface area contributed by atoms with Crippen molar-refractivity contribution in [2.75, 3.05) is 32.6 Å². The number of aromatic nitrogens is 5. The fraction of sp³-hybridized carbons (Fsp3) is 0.364. The maximum atomic E-state index is 13.2. The van der Waals surface area contributed by atoms with Crippen LogP contribution < -0.4 is 4.74 Å². The van der Waals surface area contributed by atoms with Crippen LogP contribution in [-0.2, 0) is 11.8 Å². The summed E-state index contributed by atoms with van der Waals surface area (Å²) in [5.74, 6) is 1.06. The lowest BCUT2D eigenvalue weighted by Crippen LogP contribution is -2.48. The van der Waals surface area contributed by atoms with Crippen LogP contribution in [0, 0.1) is 6.92 Å². The Kier molecular flexibility index (Phi) is 5.48. The van der Waals surface area contributed by atoms with Crippen LogP contribution in [-0.4, -0.2) is 73.6 Å². The quantitative estimate of drug-likeness (QED) is 0.430. The average Bonchev–Trinajstić information content (AvgIpc) is 3.38. The number of hydrogen-bond donors (Lipinski definition) is 0. The summed E-state index contributed by atoms with van der Waals surface area (Å²) in [4.78, 5) is 23.9. The molecule has 1 aliphatic rings. The monoisotopic (exact) mass is 452 g/mol. The molecule has 9 nitrogen and oxygen atoms in total. The van der Waals surface area contributed by atoms with Crippen molar-refractivity contribution in [1.82, 2.24) is 29.0 Å². The number of benzene rings is 1. The number of fused-ring (bicyclic) bond motifs is 2. The molecule has 1 unspecified atom stereocenters. The number of morpholine rings is 1. The highest BCUT2D eigenvalue weighted by Gasteiger charge is 2.27. The Bertz CT molecular complexity index is 1300. The van der Waals surface area contributed by atoms with Gasteiger partial charge in [-0.3, -0.25) is 4.79 Å². The summed E-state index contributed by atoms with van der Waals surface area (Å²) in [5, 5.41) is 6.11. The molecule has 4 heterocycles. The Morgan fingerprint density at radius 1 is 1.28 bits per heavy atom. The Morgan fingerprint density at radius 3 is 2.94 bits per heavy atom. The zero-order valence-electron chi connectivity index (χ0n) is 18.2. The molecule has 10 heteroatoms. The fourth-order valence-corrected chi connectivity index (χ4v) is 4.30. The van der Waals surface area contributed by atoms with Crippen LogP contribution in [0.1, 0.15) is 16.2 Å². The van der Waals surface area contributed by atoms with Gasteiger partial charge in [0.05, 0.1) is 13.2 Å². The number of rotatable bonds is 5. The van der Waals surface area contributed by atoms with Gasteiger partial charge in [0, 0.05) is 36.3 Å². The number of para-hydroxylation sites is 1. The second kappa shape index (κ2) is 8.44. The van der Waals surface area contributed by atoms with Gasteiger partial charge in [0.15, 0.2) is 0 Å². The van der Waals surface area contributed by atoms with Crippen molar-refractivity contribution >= 4 is 34.3 Å². The normalized spacial score (nSPS) is 16.7. The van der Waals surface area contributed by atoms with Crippen molar-refractivity contribution in [2.45, 2.75) is 18.2 Å². The lowest BCUT2D eigenvalue weighted by molar-refractivity contribution is -0.0412. The van der Waals surface area contributed by atoms with E-state index in [1.807, 2.05) is 66.1 Å². The summed E-state index contributed by atoms with van der Waals surface area (Å²) in [6, 6.07) is 11.8. The smallest absolute Gasteiger partial charge is 0.270 e. The molecule has 5 rings (SSSR count). The first kappa shape index (κ1) is 20.8. The van der Waals surface area contributed by atoms with E-state index in [0.717, 1.165) is 16.6 Å². The van der Waals surface area contributed by atoms with E-state index in [1.54, 1.807) is 4.52 Å². The average molecular weight is 453 g/mol. The molecule has 0 radical (unpaired) electrons. The molecule has 1 saturated heterocycles. The number of nitrogens with zero attached hydrogens (tertiary/aromatic N) is 6. The predicted molar refractivity (Wildman–Crippen MR) is 121 cm³/mol. The molecule has 0 N–H and O–H groups in total. The van der Waals surface area contributed by atoms with E-state index >= 15 is 0 Å². The predicted octanol–water partition coefficient (Wildman–Crippen LogP) is 2.57. The third-order valence-electron chi connectivity index (χ3n) is 5.58. The van der Waals surface area contributed by atoms with Crippen molar-refractivity contribution in [3.05, 3.63) is 47.8 Å². The van der Waals surface area contributed by atoms with E-state index in [-0.39, 0.29) is 12.0 Å². The largest absolute Gasteiger partial charge is 0.475 e.